The maximum Gasteiger partial charge on any atom is 0.247 e. The smallest absolute Gasteiger partial charge is 0.247 e. The number of benzene rings is 2. The molecule has 1 saturated heterocycles. The van der Waals surface area contributed by atoms with Crippen molar-refractivity contribution >= 4 is 11.8 Å². The van der Waals surface area contributed by atoms with Gasteiger partial charge in [0.05, 0.1) is 13.2 Å². The van der Waals surface area contributed by atoms with Gasteiger partial charge in [-0.25, -0.2) is 0 Å². The van der Waals surface area contributed by atoms with Crippen molar-refractivity contribution in [1.29, 1.82) is 0 Å². The summed E-state index contributed by atoms with van der Waals surface area (Å²) < 4.78 is 10.9. The average Bonchev–Trinajstić information content (AvgIpc) is 3.31. The molecule has 6 heteroatoms. The van der Waals surface area contributed by atoms with E-state index in [1.54, 1.807) is 12.0 Å². The van der Waals surface area contributed by atoms with Crippen molar-refractivity contribution in [3.8, 4) is 5.75 Å². The van der Waals surface area contributed by atoms with Crippen LogP contribution in [0.4, 0.5) is 0 Å². The standard InChI is InChI=1S/C25H32N2O4/c1-18(2)25(29)27(17-19-11-13-21(30-3)14-12-19)23(20-8-5-4-6-9-20)24(28)26-16-22-10-7-15-31-22/h4-6,8-9,11-14,18,22-23H,7,10,15-17H2,1-3H3,(H,26,28)/t22-,23+/m1/s1. The molecule has 0 aliphatic carbocycles. The Balaban J connectivity index is 1.89. The van der Waals surface area contributed by atoms with E-state index in [0.29, 0.717) is 13.1 Å². The van der Waals surface area contributed by atoms with Crippen LogP contribution in [0, 0.1) is 5.92 Å². The molecule has 1 aliphatic heterocycles. The second kappa shape index (κ2) is 11.0. The van der Waals surface area contributed by atoms with Crippen LogP contribution in [0.2, 0.25) is 0 Å². The van der Waals surface area contributed by atoms with Crippen molar-refractivity contribution in [2.75, 3.05) is 20.3 Å². The van der Waals surface area contributed by atoms with Gasteiger partial charge < -0.3 is 19.7 Å². The Hall–Kier alpha value is -2.86. The van der Waals surface area contributed by atoms with Gasteiger partial charge in [-0.2, -0.15) is 0 Å². The number of ether oxygens (including phenoxy) is 2. The molecule has 2 aromatic rings. The molecule has 1 fully saturated rings. The molecular weight excluding hydrogens is 392 g/mol. The second-order valence-electron chi connectivity index (χ2n) is 8.16. The fourth-order valence-corrected chi connectivity index (χ4v) is 3.78. The lowest BCUT2D eigenvalue weighted by Crippen LogP contribution is -2.46. The number of carbonyl (C=O) groups is 2. The minimum absolute atomic E-state index is 0.0382. The van der Waals surface area contributed by atoms with Gasteiger partial charge in [0.1, 0.15) is 11.8 Å². The molecule has 1 heterocycles. The fourth-order valence-electron chi connectivity index (χ4n) is 3.78. The summed E-state index contributed by atoms with van der Waals surface area (Å²) in [5, 5.41) is 3.02. The number of nitrogens with one attached hydrogen (secondary N) is 1. The van der Waals surface area contributed by atoms with Crippen LogP contribution in [0.1, 0.15) is 43.9 Å². The normalized spacial score (nSPS) is 16.7. The molecular formula is C25H32N2O4. The average molecular weight is 425 g/mol. The van der Waals surface area contributed by atoms with Gasteiger partial charge >= 0.3 is 0 Å². The van der Waals surface area contributed by atoms with Crippen molar-refractivity contribution in [3.05, 3.63) is 65.7 Å². The summed E-state index contributed by atoms with van der Waals surface area (Å²) in [4.78, 5) is 28.3. The third-order valence-corrected chi connectivity index (χ3v) is 5.49. The Morgan fingerprint density at radius 1 is 1.13 bits per heavy atom. The molecule has 0 spiro atoms. The van der Waals surface area contributed by atoms with E-state index in [0.717, 1.165) is 36.3 Å². The van der Waals surface area contributed by atoms with E-state index in [1.807, 2.05) is 68.4 Å². The number of hydrogen-bond acceptors (Lipinski definition) is 4. The van der Waals surface area contributed by atoms with Crippen LogP contribution in [0.5, 0.6) is 5.75 Å². The molecule has 2 atom stereocenters. The van der Waals surface area contributed by atoms with Gasteiger partial charge in [-0.05, 0) is 36.1 Å². The third-order valence-electron chi connectivity index (χ3n) is 5.49. The summed E-state index contributed by atoms with van der Waals surface area (Å²) in [6.45, 7) is 5.23. The highest BCUT2D eigenvalue weighted by molar-refractivity contribution is 5.89. The van der Waals surface area contributed by atoms with E-state index in [4.69, 9.17) is 9.47 Å². The van der Waals surface area contributed by atoms with E-state index in [-0.39, 0.29) is 23.8 Å². The fraction of sp³-hybridized carbons (Fsp3) is 0.440. The SMILES string of the molecule is COc1ccc(CN(C(=O)C(C)C)[C@H](C(=O)NC[C@H]2CCCO2)c2ccccc2)cc1. The van der Waals surface area contributed by atoms with Crippen LogP contribution < -0.4 is 10.1 Å². The molecule has 0 saturated carbocycles. The maximum absolute atomic E-state index is 13.4. The minimum Gasteiger partial charge on any atom is -0.497 e. The second-order valence-corrected chi connectivity index (χ2v) is 8.16. The number of nitrogens with zero attached hydrogens (tertiary/aromatic N) is 1. The van der Waals surface area contributed by atoms with Gasteiger partial charge in [-0.3, -0.25) is 9.59 Å². The summed E-state index contributed by atoms with van der Waals surface area (Å²) in [5.41, 5.74) is 1.72. The lowest BCUT2D eigenvalue weighted by Gasteiger charge is -2.33. The molecule has 166 valence electrons. The van der Waals surface area contributed by atoms with E-state index >= 15 is 0 Å². The predicted octanol–water partition coefficient (Wildman–Crippen LogP) is 3.72. The zero-order valence-corrected chi connectivity index (χ0v) is 18.5. The number of methoxy groups -OCH3 is 1. The van der Waals surface area contributed by atoms with Crippen LogP contribution in [-0.4, -0.2) is 43.1 Å². The monoisotopic (exact) mass is 424 g/mol. The first-order valence-electron chi connectivity index (χ1n) is 10.9. The molecule has 0 radical (unpaired) electrons. The highest BCUT2D eigenvalue weighted by Crippen LogP contribution is 2.26. The summed E-state index contributed by atoms with van der Waals surface area (Å²) in [6, 6.07) is 16.3. The molecule has 0 aromatic heterocycles. The van der Waals surface area contributed by atoms with Crippen LogP contribution in [0.3, 0.4) is 0 Å². The van der Waals surface area contributed by atoms with Crippen LogP contribution in [0.15, 0.2) is 54.6 Å². The first kappa shape index (κ1) is 22.8. The van der Waals surface area contributed by atoms with E-state index in [1.165, 1.54) is 0 Å². The van der Waals surface area contributed by atoms with Gasteiger partial charge in [0.2, 0.25) is 11.8 Å². The summed E-state index contributed by atoms with van der Waals surface area (Å²) >= 11 is 0. The molecule has 2 amide bonds. The van der Waals surface area contributed by atoms with E-state index in [2.05, 4.69) is 5.32 Å². The molecule has 1 aliphatic rings. The molecule has 2 aromatic carbocycles. The zero-order valence-electron chi connectivity index (χ0n) is 18.5. The van der Waals surface area contributed by atoms with Gasteiger partial charge in [-0.1, -0.05) is 56.3 Å². The van der Waals surface area contributed by atoms with Crippen LogP contribution in [0.25, 0.3) is 0 Å². The Morgan fingerprint density at radius 3 is 2.42 bits per heavy atom. The molecule has 6 nitrogen and oxygen atoms in total. The molecule has 0 unspecified atom stereocenters. The minimum atomic E-state index is -0.723. The first-order valence-corrected chi connectivity index (χ1v) is 10.9. The highest BCUT2D eigenvalue weighted by atomic mass is 16.5. The summed E-state index contributed by atoms with van der Waals surface area (Å²) in [7, 11) is 1.62. The highest BCUT2D eigenvalue weighted by Gasteiger charge is 2.33. The topological polar surface area (TPSA) is 67.9 Å². The largest absolute Gasteiger partial charge is 0.497 e. The van der Waals surface area contributed by atoms with Gasteiger partial charge in [-0.15, -0.1) is 0 Å². The Morgan fingerprint density at radius 2 is 1.84 bits per heavy atom. The van der Waals surface area contributed by atoms with E-state index in [9.17, 15) is 9.59 Å². The molecule has 31 heavy (non-hydrogen) atoms. The van der Waals surface area contributed by atoms with Gasteiger partial charge in [0.25, 0.3) is 0 Å². The Kier molecular flexibility index (Phi) is 8.06. The Bertz CT molecular complexity index is 846. The Labute approximate surface area is 184 Å². The molecule has 1 N–H and O–H groups in total. The van der Waals surface area contributed by atoms with Crippen LogP contribution in [-0.2, 0) is 20.9 Å². The van der Waals surface area contributed by atoms with Crippen LogP contribution >= 0.6 is 0 Å². The van der Waals surface area contributed by atoms with Gasteiger partial charge in [0, 0.05) is 25.6 Å². The third kappa shape index (κ3) is 6.07. The van der Waals surface area contributed by atoms with Crippen molar-refractivity contribution in [3.63, 3.8) is 0 Å². The lowest BCUT2D eigenvalue weighted by molar-refractivity contribution is -0.144. The lowest BCUT2D eigenvalue weighted by atomic mass is 10.0. The maximum atomic E-state index is 13.4. The van der Waals surface area contributed by atoms with Crippen molar-refractivity contribution in [2.24, 2.45) is 5.92 Å². The quantitative estimate of drug-likeness (QED) is 0.666. The van der Waals surface area contributed by atoms with Crippen molar-refractivity contribution in [2.45, 2.75) is 45.4 Å². The summed E-state index contributed by atoms with van der Waals surface area (Å²) in [6.07, 6.45) is 1.99. The number of amides is 2. The number of hydrogen-bond donors (Lipinski definition) is 1. The van der Waals surface area contributed by atoms with Crippen molar-refractivity contribution in [1.82, 2.24) is 10.2 Å². The first-order chi connectivity index (χ1) is 15.0. The predicted molar refractivity (Wildman–Crippen MR) is 120 cm³/mol. The number of carbonyl (C=O) groups excluding carboxylic acids is 2. The van der Waals surface area contributed by atoms with Crippen molar-refractivity contribution < 1.29 is 19.1 Å². The van der Waals surface area contributed by atoms with Gasteiger partial charge in [0.15, 0.2) is 0 Å². The molecule has 3 rings (SSSR count). The van der Waals surface area contributed by atoms with E-state index < -0.39 is 6.04 Å². The molecule has 0 bridgehead atoms. The zero-order chi connectivity index (χ0) is 22.2. The number of rotatable bonds is 9. The summed E-state index contributed by atoms with van der Waals surface area (Å²) in [5.74, 6) is 0.246.